The normalized spacial score (nSPS) is 31.8. The van der Waals surface area contributed by atoms with Crippen LogP contribution in [0.3, 0.4) is 0 Å². The molecule has 1 saturated heterocycles. The Kier molecular flexibility index (Phi) is 3.65. The lowest BCUT2D eigenvalue weighted by Gasteiger charge is -2.30. The molecule has 0 spiro atoms. The van der Waals surface area contributed by atoms with E-state index in [9.17, 15) is 34.5 Å². The molecule has 3 rings (SSSR count). The molecule has 0 radical (unpaired) electrons. The topological polar surface area (TPSA) is 191 Å². The monoisotopic (exact) mass is 348 g/mol. The third kappa shape index (κ3) is 2.16. The highest BCUT2D eigenvalue weighted by molar-refractivity contribution is 7.53. The maximum absolute atomic E-state index is 11.6. The number of aliphatic hydroxyl groups excluding tert-OH is 2. The molecule has 12 nitrogen and oxygen atoms in total. The summed E-state index contributed by atoms with van der Waals surface area (Å²) in [5.74, 6) is 0. The fourth-order valence-electron chi connectivity index (χ4n) is 2.55. The van der Waals surface area contributed by atoms with Gasteiger partial charge in [0.25, 0.3) is 5.56 Å². The lowest BCUT2D eigenvalue weighted by molar-refractivity contribution is -0.0594. The van der Waals surface area contributed by atoms with E-state index in [0.717, 1.165) is 17.2 Å². The van der Waals surface area contributed by atoms with E-state index in [0.29, 0.717) is 0 Å². The summed E-state index contributed by atoms with van der Waals surface area (Å²) >= 11 is 0. The molecule has 126 valence electrons. The van der Waals surface area contributed by atoms with Crippen LogP contribution in [0.5, 0.6) is 0 Å². The van der Waals surface area contributed by atoms with Crippen LogP contribution in [0.4, 0.5) is 0 Å². The van der Waals surface area contributed by atoms with E-state index >= 15 is 0 Å². The third-order valence-corrected chi connectivity index (χ3v) is 5.24. The van der Waals surface area contributed by atoms with Crippen LogP contribution in [-0.4, -0.2) is 68.8 Å². The lowest BCUT2D eigenvalue weighted by atomic mass is 10.1. The van der Waals surface area contributed by atoms with Crippen molar-refractivity contribution in [2.24, 2.45) is 0 Å². The van der Waals surface area contributed by atoms with E-state index < -0.39 is 43.5 Å². The number of imidazole rings is 1. The van der Waals surface area contributed by atoms with Crippen molar-refractivity contribution in [3.8, 4) is 0 Å². The van der Waals surface area contributed by atoms with Gasteiger partial charge < -0.3 is 34.8 Å². The van der Waals surface area contributed by atoms with Crippen molar-refractivity contribution >= 4 is 18.8 Å². The van der Waals surface area contributed by atoms with Crippen LogP contribution in [-0.2, 0) is 9.30 Å². The summed E-state index contributed by atoms with van der Waals surface area (Å²) in [4.78, 5) is 40.2. The van der Waals surface area contributed by atoms with Crippen LogP contribution in [0.25, 0.3) is 11.2 Å². The molecule has 0 aromatic carbocycles. The minimum Gasteiger partial charge on any atom is -0.394 e. The second-order valence-electron chi connectivity index (χ2n) is 5.03. The van der Waals surface area contributed by atoms with E-state index in [1.165, 1.54) is 0 Å². The Morgan fingerprint density at radius 2 is 2.13 bits per heavy atom. The van der Waals surface area contributed by atoms with Crippen LogP contribution in [0.15, 0.2) is 17.4 Å². The molecule has 0 bridgehead atoms. The Morgan fingerprint density at radius 3 is 2.70 bits per heavy atom. The number of rotatable bonds is 3. The molecule has 13 heteroatoms. The van der Waals surface area contributed by atoms with E-state index in [1.807, 2.05) is 0 Å². The number of ether oxygens (including phenoxy) is 1. The van der Waals surface area contributed by atoms with Gasteiger partial charge in [0.2, 0.25) is 5.34 Å². The van der Waals surface area contributed by atoms with Gasteiger partial charge in [0.1, 0.15) is 12.2 Å². The van der Waals surface area contributed by atoms with Gasteiger partial charge in [-0.05, 0) is 0 Å². The number of fused-ring (bicyclic) bond motifs is 1. The first-order valence-electron chi connectivity index (χ1n) is 6.34. The molecule has 3 heterocycles. The summed E-state index contributed by atoms with van der Waals surface area (Å²) in [6.45, 7) is -0.949. The molecule has 1 aliphatic heterocycles. The van der Waals surface area contributed by atoms with Gasteiger partial charge >= 0.3 is 7.60 Å². The zero-order chi connectivity index (χ0) is 17.0. The van der Waals surface area contributed by atoms with Crippen LogP contribution >= 0.6 is 7.60 Å². The van der Waals surface area contributed by atoms with E-state index in [1.54, 1.807) is 0 Å². The number of nitrogens with one attached hydrogen (secondary N) is 1. The maximum atomic E-state index is 11.6. The third-order valence-electron chi connectivity index (χ3n) is 3.75. The summed E-state index contributed by atoms with van der Waals surface area (Å²) < 4.78 is 17.8. The smallest absolute Gasteiger partial charge is 0.362 e. The molecular weight excluding hydrogens is 335 g/mol. The van der Waals surface area contributed by atoms with E-state index in [-0.39, 0.29) is 11.2 Å². The number of H-pyrrole nitrogens is 1. The predicted octanol–water partition coefficient (Wildman–Crippen LogP) is -2.76. The number of aliphatic hydroxyl groups is 3. The molecular formula is C10H13N4O8P. The lowest BCUT2D eigenvalue weighted by Crippen LogP contribution is -2.48. The molecule has 23 heavy (non-hydrogen) atoms. The Labute approximate surface area is 127 Å². The molecule has 2 aromatic rings. The summed E-state index contributed by atoms with van der Waals surface area (Å²) in [5.41, 5.74) is -0.676. The summed E-state index contributed by atoms with van der Waals surface area (Å²) in [6.07, 6.45) is -3.21. The fourth-order valence-corrected chi connectivity index (χ4v) is 3.54. The van der Waals surface area contributed by atoms with Gasteiger partial charge in [-0.15, -0.1) is 0 Å². The van der Waals surface area contributed by atoms with Gasteiger partial charge in [-0.2, -0.15) is 0 Å². The van der Waals surface area contributed by atoms with E-state index in [2.05, 4.69) is 15.0 Å². The standard InChI is InChI=1S/C10H13N4O8P/c15-1-4-10(18,23(19,20)21)6(16)9(22-4)14-3-13-5-7(14)11-2-12-8(5)17/h2-4,6,9,15-16,18H,1H2,(H,11,12,17)(H2,19,20,21)/t4-,6+,9-,10+/m1/s1. The summed E-state index contributed by atoms with van der Waals surface area (Å²) in [6, 6.07) is 0. The van der Waals surface area contributed by atoms with Crippen molar-refractivity contribution in [3.05, 3.63) is 23.0 Å². The second kappa shape index (κ2) is 5.18. The molecule has 2 aromatic heterocycles. The maximum Gasteiger partial charge on any atom is 0.362 e. The first-order chi connectivity index (χ1) is 10.7. The molecule has 0 aliphatic carbocycles. The van der Waals surface area contributed by atoms with Crippen LogP contribution in [0, 0.1) is 0 Å². The Balaban J connectivity index is 2.13. The highest BCUT2D eigenvalue weighted by Gasteiger charge is 2.65. The minimum atomic E-state index is -5.26. The zero-order valence-electron chi connectivity index (χ0n) is 11.3. The van der Waals surface area contributed by atoms with Gasteiger partial charge in [-0.1, -0.05) is 0 Å². The van der Waals surface area contributed by atoms with Crippen molar-refractivity contribution in [1.29, 1.82) is 0 Å². The van der Waals surface area contributed by atoms with Gasteiger partial charge in [0.15, 0.2) is 17.4 Å². The second-order valence-corrected chi connectivity index (χ2v) is 6.83. The Bertz CT molecular complexity index is 845. The highest BCUT2D eigenvalue weighted by Crippen LogP contribution is 2.59. The van der Waals surface area contributed by atoms with Crippen molar-refractivity contribution in [2.75, 3.05) is 6.61 Å². The fraction of sp³-hybridized carbons (Fsp3) is 0.500. The van der Waals surface area contributed by atoms with Crippen molar-refractivity contribution < 1.29 is 34.4 Å². The molecule has 0 saturated carbocycles. The number of aromatic amines is 1. The molecule has 0 amide bonds. The SMILES string of the molecule is O=c1[nH]cnc2c1ncn2[C@@H]1O[C@H](CO)[C@](O)(P(=O)(O)O)[C@H]1O. The van der Waals surface area contributed by atoms with Crippen molar-refractivity contribution in [1.82, 2.24) is 19.5 Å². The first-order valence-corrected chi connectivity index (χ1v) is 7.95. The van der Waals surface area contributed by atoms with Crippen LogP contribution in [0.1, 0.15) is 6.23 Å². The molecule has 0 unspecified atom stereocenters. The quantitative estimate of drug-likeness (QED) is 0.317. The average molecular weight is 348 g/mol. The van der Waals surface area contributed by atoms with Crippen LogP contribution < -0.4 is 5.56 Å². The number of aromatic nitrogens is 4. The highest BCUT2D eigenvalue weighted by atomic mass is 31.2. The zero-order valence-corrected chi connectivity index (χ0v) is 12.2. The van der Waals surface area contributed by atoms with Crippen LogP contribution in [0.2, 0.25) is 0 Å². The van der Waals surface area contributed by atoms with Gasteiger partial charge in [0.05, 0.1) is 19.3 Å². The predicted molar refractivity (Wildman–Crippen MR) is 72.1 cm³/mol. The first kappa shape index (κ1) is 16.2. The molecule has 6 N–H and O–H groups in total. The molecule has 4 atom stereocenters. The van der Waals surface area contributed by atoms with Gasteiger partial charge in [-0.3, -0.25) is 13.9 Å². The van der Waals surface area contributed by atoms with Crippen molar-refractivity contribution in [3.63, 3.8) is 0 Å². The van der Waals surface area contributed by atoms with Crippen molar-refractivity contribution in [2.45, 2.75) is 23.8 Å². The number of nitrogens with zero attached hydrogens (tertiary/aromatic N) is 3. The molecule has 1 fully saturated rings. The number of hydrogen-bond donors (Lipinski definition) is 6. The Hall–Kier alpha value is -1.66. The minimum absolute atomic E-state index is 0.0237. The van der Waals surface area contributed by atoms with E-state index in [4.69, 9.17) is 4.74 Å². The Morgan fingerprint density at radius 1 is 1.43 bits per heavy atom. The summed E-state index contributed by atoms with van der Waals surface area (Å²) in [5, 5.41) is 26.6. The average Bonchev–Trinajstić information content (AvgIpc) is 3.01. The summed E-state index contributed by atoms with van der Waals surface area (Å²) in [7, 11) is -5.26. The van der Waals surface area contributed by atoms with Gasteiger partial charge in [-0.25, -0.2) is 9.97 Å². The largest absolute Gasteiger partial charge is 0.394 e. The van der Waals surface area contributed by atoms with Gasteiger partial charge in [0, 0.05) is 0 Å². The number of hydrogen-bond acceptors (Lipinski definition) is 8. The molecule has 1 aliphatic rings.